The van der Waals surface area contributed by atoms with Crippen molar-refractivity contribution in [3.8, 4) is 55.6 Å². The molecule has 5 N–H and O–H groups in total. The molecular weight excluding hydrogens is 1400 g/mol. The Morgan fingerprint density at radius 1 is 0.406 bits per heavy atom. The van der Waals surface area contributed by atoms with Crippen molar-refractivity contribution in [1.29, 1.82) is 0 Å². The summed E-state index contributed by atoms with van der Waals surface area (Å²) in [4.78, 5) is 104. The van der Waals surface area contributed by atoms with Gasteiger partial charge in [0.25, 0.3) is 17.7 Å². The third-order valence-electron chi connectivity index (χ3n) is 16.6. The number of fused-ring (bicyclic) bond motifs is 2. The van der Waals surface area contributed by atoms with E-state index in [0.717, 1.165) is 90.0 Å². The van der Waals surface area contributed by atoms with Gasteiger partial charge in [0, 0.05) is 77.1 Å². The largest absolute Gasteiger partial charge is 0.478 e. The second-order valence-corrected chi connectivity index (χ2v) is 29.1. The van der Waals surface area contributed by atoms with Crippen molar-refractivity contribution in [1.82, 2.24) is 15.0 Å². The summed E-state index contributed by atoms with van der Waals surface area (Å²) in [6, 6.07) is 61.5. The highest BCUT2D eigenvalue weighted by Gasteiger charge is 2.31. The molecule has 536 valence electrons. The molecule has 0 saturated heterocycles. The Morgan fingerprint density at radius 3 is 1.24 bits per heavy atom. The third kappa shape index (κ3) is 19.4. The minimum absolute atomic E-state index is 0.0297. The highest BCUT2D eigenvalue weighted by molar-refractivity contribution is 9.10. The van der Waals surface area contributed by atoms with Crippen molar-refractivity contribution in [2.24, 2.45) is 0 Å². The number of hydrogen-bond donors (Lipinski definition) is 5. The Morgan fingerprint density at radius 2 is 0.792 bits per heavy atom. The minimum Gasteiger partial charge on any atom is -0.478 e. The number of carbonyl (C=O) groups is 7. The number of anilines is 5. The van der Waals surface area contributed by atoms with Gasteiger partial charge in [-0.3, -0.25) is 34.2 Å². The average molecular weight is 1480 g/mol. The third-order valence-corrected chi connectivity index (χ3v) is 17.1. The molecule has 0 atom stereocenters. The zero-order valence-electron chi connectivity index (χ0n) is 60.0. The quantitative estimate of drug-likeness (QED) is 0.0501. The molecule has 2 aliphatic rings. The first-order chi connectivity index (χ1) is 50.6. The predicted molar refractivity (Wildman–Crippen MR) is 418 cm³/mol. The van der Waals surface area contributed by atoms with Gasteiger partial charge in [-0.15, -0.1) is 0 Å². The van der Waals surface area contributed by atoms with Gasteiger partial charge in [-0.25, -0.2) is 19.2 Å². The number of carboxylic acids is 1. The highest BCUT2D eigenvalue weighted by Crippen LogP contribution is 2.37. The summed E-state index contributed by atoms with van der Waals surface area (Å²) >= 11 is 3.38. The number of aromatic nitrogens is 3. The molecule has 0 saturated carbocycles. The van der Waals surface area contributed by atoms with Gasteiger partial charge in [-0.05, 0) is 210 Å². The van der Waals surface area contributed by atoms with Crippen molar-refractivity contribution >= 4 is 86.1 Å². The fraction of sp³-hybridized carbons (Fsp3) is 0.186. The molecular formula is C86H79BrN8O11. The standard InChI is InChI=1S/C36H37N3O5.C27H21N3O3.C23H21BrN2O3/c1-35(2,3)43-33(41)29-14-12-25(24-13-15-31-26(18-24)16-17-39(31)34(42)44-36(4,5)6)20-30(29)38-32(40)28-19-27(21-37-22-28)23-10-8-7-9-11-23;31-26(22-13-21(15-28-16-22)17-4-2-1-3-5-17)30-25-14-19(6-8-23(25)27(32)33)18-7-9-24-20(12-18)10-11-29-24;1-23(2,3)29-22(28)19-10-9-18(24)12-20(19)26-21(27)17-11-16(13-25-14-17)15-7-5-4-6-8-15/h7-15,18-22H,16-17H2,1-6H3,(H,38,40);1-9,12-16,29H,10-11H2,(H,30,31)(H,32,33);4-14H,1-3H3,(H,26,27). The van der Waals surface area contributed by atoms with Gasteiger partial charge in [-0.2, -0.15) is 0 Å². The van der Waals surface area contributed by atoms with Crippen LogP contribution in [-0.2, 0) is 27.1 Å². The average Bonchev–Trinajstić information content (AvgIpc) is 1.53. The van der Waals surface area contributed by atoms with Gasteiger partial charge in [-0.1, -0.05) is 131 Å². The summed E-state index contributed by atoms with van der Waals surface area (Å²) in [6.07, 6.45) is 10.8. The number of benzene rings is 8. The number of carbonyl (C=O) groups excluding carboxylic acids is 6. The lowest BCUT2D eigenvalue weighted by atomic mass is 9.99. The van der Waals surface area contributed by atoms with Crippen LogP contribution in [0.4, 0.5) is 33.2 Å². The van der Waals surface area contributed by atoms with Crippen LogP contribution in [0.5, 0.6) is 0 Å². The molecule has 0 radical (unpaired) electrons. The number of halogens is 1. The lowest BCUT2D eigenvalue weighted by Crippen LogP contribution is -2.35. The van der Waals surface area contributed by atoms with E-state index in [1.165, 1.54) is 30.2 Å². The summed E-state index contributed by atoms with van der Waals surface area (Å²) in [6.45, 7) is 17.7. The van der Waals surface area contributed by atoms with E-state index in [0.29, 0.717) is 41.0 Å². The van der Waals surface area contributed by atoms with E-state index in [-0.39, 0.29) is 34.4 Å². The van der Waals surface area contributed by atoms with Crippen LogP contribution in [0.15, 0.2) is 242 Å². The SMILES string of the molecule is CC(C)(C)OC(=O)c1ccc(-c2ccc3c(c2)CCN3C(=O)OC(C)(C)C)cc1NC(=O)c1cncc(-c2ccccc2)c1.CC(C)(C)OC(=O)c1ccc(Br)cc1NC(=O)c1cncc(-c2ccccc2)c1.O=C(Nc1cc(-c2ccc3c(c2)CCN3)ccc1C(=O)O)c1cncc(-c2ccccc2)c1. The van der Waals surface area contributed by atoms with E-state index < -0.39 is 46.5 Å². The van der Waals surface area contributed by atoms with Gasteiger partial charge in [0.05, 0.1) is 56.1 Å². The minimum atomic E-state index is -1.11. The predicted octanol–water partition coefficient (Wildman–Crippen LogP) is 19.0. The summed E-state index contributed by atoms with van der Waals surface area (Å²) < 4.78 is 17.4. The molecule has 5 heterocycles. The molecule has 0 aliphatic carbocycles. The number of amides is 4. The number of nitrogens with zero attached hydrogens (tertiary/aromatic N) is 4. The van der Waals surface area contributed by atoms with Crippen molar-refractivity contribution in [2.75, 3.05) is 39.3 Å². The van der Waals surface area contributed by atoms with Crippen molar-refractivity contribution in [2.45, 2.75) is 92.0 Å². The number of esters is 2. The Hall–Kier alpha value is -12.4. The number of nitrogens with one attached hydrogen (secondary N) is 4. The first kappa shape index (κ1) is 74.8. The van der Waals surface area contributed by atoms with Crippen LogP contribution in [0, 0.1) is 0 Å². The maximum Gasteiger partial charge on any atom is 0.414 e. The Bertz CT molecular complexity index is 5130. The molecule has 3 aromatic heterocycles. The molecule has 0 spiro atoms. The molecule has 2 aliphatic heterocycles. The number of rotatable bonds is 14. The van der Waals surface area contributed by atoms with E-state index >= 15 is 0 Å². The molecule has 8 aromatic carbocycles. The molecule has 0 fully saturated rings. The van der Waals surface area contributed by atoms with Crippen LogP contribution in [0.3, 0.4) is 0 Å². The monoisotopic (exact) mass is 1480 g/mol. The van der Waals surface area contributed by atoms with Crippen molar-refractivity contribution in [3.05, 3.63) is 286 Å². The summed E-state index contributed by atoms with van der Waals surface area (Å²) in [7, 11) is 0. The maximum absolute atomic E-state index is 13.5. The summed E-state index contributed by atoms with van der Waals surface area (Å²) in [5, 5.41) is 21.5. The van der Waals surface area contributed by atoms with Gasteiger partial charge >= 0.3 is 24.0 Å². The van der Waals surface area contributed by atoms with E-state index in [2.05, 4.69) is 58.2 Å². The Labute approximate surface area is 623 Å². The van der Waals surface area contributed by atoms with Gasteiger partial charge < -0.3 is 40.6 Å². The molecule has 19 nitrogen and oxygen atoms in total. The highest BCUT2D eigenvalue weighted by atomic mass is 79.9. The number of ether oxygens (including phenoxy) is 3. The van der Waals surface area contributed by atoms with Gasteiger partial charge in [0.1, 0.15) is 16.8 Å². The van der Waals surface area contributed by atoms with Crippen LogP contribution in [0.25, 0.3) is 55.6 Å². The Balaban J connectivity index is 0.000000163. The molecule has 13 rings (SSSR count). The van der Waals surface area contributed by atoms with Crippen LogP contribution in [0.1, 0.15) is 136 Å². The van der Waals surface area contributed by atoms with Crippen molar-refractivity contribution in [3.63, 3.8) is 0 Å². The molecule has 0 unspecified atom stereocenters. The second kappa shape index (κ2) is 32.5. The van der Waals surface area contributed by atoms with E-state index in [4.69, 9.17) is 14.2 Å². The smallest absolute Gasteiger partial charge is 0.414 e. The number of pyridine rings is 3. The van der Waals surface area contributed by atoms with Crippen LogP contribution < -0.4 is 26.2 Å². The van der Waals surface area contributed by atoms with Gasteiger partial charge in [0.15, 0.2) is 0 Å². The van der Waals surface area contributed by atoms with Crippen LogP contribution in [0.2, 0.25) is 0 Å². The van der Waals surface area contributed by atoms with E-state index in [1.54, 1.807) is 126 Å². The lowest BCUT2D eigenvalue weighted by molar-refractivity contribution is 0.00580. The molecule has 0 bridgehead atoms. The molecule has 20 heteroatoms. The lowest BCUT2D eigenvalue weighted by Gasteiger charge is -2.24. The zero-order chi connectivity index (χ0) is 75.5. The van der Waals surface area contributed by atoms with Crippen molar-refractivity contribution < 1.29 is 52.9 Å². The van der Waals surface area contributed by atoms with E-state index in [9.17, 15) is 38.7 Å². The fourth-order valence-corrected chi connectivity index (χ4v) is 12.1. The maximum atomic E-state index is 13.5. The normalized spacial score (nSPS) is 12.1. The van der Waals surface area contributed by atoms with E-state index in [1.807, 2.05) is 148 Å². The zero-order valence-corrected chi connectivity index (χ0v) is 61.6. The van der Waals surface area contributed by atoms with Crippen LogP contribution in [-0.4, -0.2) is 91.7 Å². The molecule has 11 aromatic rings. The first-order valence-electron chi connectivity index (χ1n) is 34.3. The number of hydrogen-bond acceptors (Lipinski definition) is 14. The topological polar surface area (TPSA) is 257 Å². The number of carboxylic acid groups (broad SMARTS) is 1. The molecule has 106 heavy (non-hydrogen) atoms. The van der Waals surface area contributed by atoms with Crippen LogP contribution >= 0.6 is 15.9 Å². The summed E-state index contributed by atoms with van der Waals surface area (Å²) in [5.41, 5.74) is 13.6. The van der Waals surface area contributed by atoms with Gasteiger partial charge in [0.2, 0.25) is 0 Å². The first-order valence-corrected chi connectivity index (χ1v) is 35.1. The molecule has 4 amide bonds. The summed E-state index contributed by atoms with van der Waals surface area (Å²) in [5.74, 6) is -3.34. The number of aromatic carboxylic acids is 1. The Kier molecular flexibility index (Phi) is 22.9. The fourth-order valence-electron chi connectivity index (χ4n) is 11.7. The second-order valence-electron chi connectivity index (χ2n) is 28.1.